The summed E-state index contributed by atoms with van der Waals surface area (Å²) in [7, 11) is 0. The van der Waals surface area contributed by atoms with Crippen molar-refractivity contribution in [1.29, 1.82) is 0 Å². The second-order valence-corrected chi connectivity index (χ2v) is 6.30. The Labute approximate surface area is 121 Å². The molecule has 20 heavy (non-hydrogen) atoms. The lowest BCUT2D eigenvalue weighted by atomic mass is 9.92. The Bertz CT molecular complexity index is 474. The third-order valence-corrected chi connectivity index (χ3v) is 3.90. The van der Waals surface area contributed by atoms with Crippen molar-refractivity contribution < 1.29 is 9.53 Å². The van der Waals surface area contributed by atoms with Crippen molar-refractivity contribution >= 4 is 5.91 Å². The van der Waals surface area contributed by atoms with Gasteiger partial charge in [-0.3, -0.25) is 4.79 Å². The molecule has 0 radical (unpaired) electrons. The van der Waals surface area contributed by atoms with Gasteiger partial charge in [0.05, 0.1) is 0 Å². The highest BCUT2D eigenvalue weighted by Crippen LogP contribution is 2.22. The molecule has 2 rings (SSSR count). The summed E-state index contributed by atoms with van der Waals surface area (Å²) in [6.45, 7) is 10.3. The van der Waals surface area contributed by atoms with Gasteiger partial charge in [-0.2, -0.15) is 0 Å². The molecule has 1 amide bonds. The van der Waals surface area contributed by atoms with Crippen molar-refractivity contribution in [2.24, 2.45) is 11.8 Å². The molecule has 2 atom stereocenters. The normalized spacial score (nSPS) is 22.7. The highest BCUT2D eigenvalue weighted by molar-refractivity contribution is 5.78. The van der Waals surface area contributed by atoms with E-state index in [2.05, 4.69) is 26.8 Å². The lowest BCUT2D eigenvalue weighted by molar-refractivity contribution is -0.136. The van der Waals surface area contributed by atoms with E-state index in [0.29, 0.717) is 11.8 Å². The average Bonchev–Trinajstić information content (AvgIpc) is 2.36. The van der Waals surface area contributed by atoms with Gasteiger partial charge in [0.15, 0.2) is 6.61 Å². The van der Waals surface area contributed by atoms with E-state index in [4.69, 9.17) is 4.74 Å². The topological polar surface area (TPSA) is 29.5 Å². The Balaban J connectivity index is 1.91. The summed E-state index contributed by atoms with van der Waals surface area (Å²) < 4.78 is 5.69. The quantitative estimate of drug-likeness (QED) is 0.848. The molecule has 0 spiro atoms. The minimum Gasteiger partial charge on any atom is -0.484 e. The standard InChI is InChI=1S/C17H25NO2/c1-12-5-6-16(15(4)8-12)20-11-17(19)18-9-13(2)7-14(3)10-18/h5-6,8,13-14H,7,9-11H2,1-4H3. The van der Waals surface area contributed by atoms with E-state index in [1.165, 1.54) is 12.0 Å². The van der Waals surface area contributed by atoms with E-state index in [-0.39, 0.29) is 12.5 Å². The van der Waals surface area contributed by atoms with Crippen molar-refractivity contribution in [2.45, 2.75) is 34.1 Å². The fourth-order valence-corrected chi connectivity index (χ4v) is 3.06. The molecule has 1 saturated heterocycles. The maximum Gasteiger partial charge on any atom is 0.260 e. The number of piperidine rings is 1. The third-order valence-electron chi connectivity index (χ3n) is 3.90. The predicted octanol–water partition coefficient (Wildman–Crippen LogP) is 3.19. The number of amides is 1. The number of hydrogen-bond donors (Lipinski definition) is 0. The number of carbonyl (C=O) groups excluding carboxylic acids is 1. The number of nitrogens with zero attached hydrogens (tertiary/aromatic N) is 1. The molecule has 0 aliphatic carbocycles. The van der Waals surface area contributed by atoms with Crippen LogP contribution in [0, 0.1) is 25.7 Å². The third kappa shape index (κ3) is 3.75. The number of carbonyl (C=O) groups is 1. The summed E-state index contributed by atoms with van der Waals surface area (Å²) >= 11 is 0. The lowest BCUT2D eigenvalue weighted by Crippen LogP contribution is -2.44. The molecular weight excluding hydrogens is 250 g/mol. The molecule has 1 fully saturated rings. The Morgan fingerprint density at radius 2 is 1.90 bits per heavy atom. The van der Waals surface area contributed by atoms with Crippen LogP contribution in [0.2, 0.25) is 0 Å². The molecule has 0 bridgehead atoms. The van der Waals surface area contributed by atoms with E-state index in [1.807, 2.05) is 24.0 Å². The van der Waals surface area contributed by atoms with E-state index in [0.717, 1.165) is 24.4 Å². The highest BCUT2D eigenvalue weighted by atomic mass is 16.5. The summed E-state index contributed by atoms with van der Waals surface area (Å²) in [5.74, 6) is 2.08. The summed E-state index contributed by atoms with van der Waals surface area (Å²) in [5, 5.41) is 0. The highest BCUT2D eigenvalue weighted by Gasteiger charge is 2.25. The average molecular weight is 275 g/mol. The van der Waals surface area contributed by atoms with Gasteiger partial charge in [-0.1, -0.05) is 31.5 Å². The van der Waals surface area contributed by atoms with E-state index in [1.54, 1.807) is 0 Å². The molecule has 1 aliphatic rings. The molecule has 1 aromatic carbocycles. The molecule has 0 N–H and O–H groups in total. The van der Waals surface area contributed by atoms with Crippen molar-refractivity contribution in [1.82, 2.24) is 4.90 Å². The van der Waals surface area contributed by atoms with E-state index >= 15 is 0 Å². The first kappa shape index (κ1) is 14.9. The molecule has 0 saturated carbocycles. The second kappa shape index (κ2) is 6.29. The van der Waals surface area contributed by atoms with Crippen LogP contribution in [0.1, 0.15) is 31.4 Å². The van der Waals surface area contributed by atoms with Gasteiger partial charge in [-0.25, -0.2) is 0 Å². The van der Waals surface area contributed by atoms with Crippen LogP contribution >= 0.6 is 0 Å². The van der Waals surface area contributed by atoms with Crippen LogP contribution in [0.4, 0.5) is 0 Å². The first-order chi connectivity index (χ1) is 9.45. The minimum atomic E-state index is 0.100. The number of rotatable bonds is 3. The van der Waals surface area contributed by atoms with Crippen LogP contribution in [-0.2, 0) is 4.79 Å². The molecule has 1 aliphatic heterocycles. The maximum atomic E-state index is 12.2. The smallest absolute Gasteiger partial charge is 0.260 e. The number of hydrogen-bond acceptors (Lipinski definition) is 2. The van der Waals surface area contributed by atoms with Gasteiger partial charge < -0.3 is 9.64 Å². The zero-order chi connectivity index (χ0) is 14.7. The van der Waals surface area contributed by atoms with Crippen molar-refractivity contribution in [2.75, 3.05) is 19.7 Å². The van der Waals surface area contributed by atoms with Crippen LogP contribution in [0.15, 0.2) is 18.2 Å². The Hall–Kier alpha value is -1.51. The van der Waals surface area contributed by atoms with Crippen LogP contribution in [0.25, 0.3) is 0 Å². The molecule has 1 aromatic rings. The minimum absolute atomic E-state index is 0.100. The van der Waals surface area contributed by atoms with Gasteiger partial charge in [0, 0.05) is 13.1 Å². The number of aryl methyl sites for hydroxylation is 2. The fraction of sp³-hybridized carbons (Fsp3) is 0.588. The fourth-order valence-electron chi connectivity index (χ4n) is 3.06. The lowest BCUT2D eigenvalue weighted by Gasteiger charge is -2.34. The molecule has 2 unspecified atom stereocenters. The molecular formula is C17H25NO2. The van der Waals surface area contributed by atoms with Gasteiger partial charge >= 0.3 is 0 Å². The van der Waals surface area contributed by atoms with Gasteiger partial charge in [0.25, 0.3) is 5.91 Å². The molecule has 3 nitrogen and oxygen atoms in total. The first-order valence-electron chi connectivity index (χ1n) is 7.43. The summed E-state index contributed by atoms with van der Waals surface area (Å²) in [5.41, 5.74) is 2.29. The monoisotopic (exact) mass is 275 g/mol. The van der Waals surface area contributed by atoms with Crippen LogP contribution < -0.4 is 4.74 Å². The van der Waals surface area contributed by atoms with E-state index < -0.39 is 0 Å². The van der Waals surface area contributed by atoms with Crippen LogP contribution in [0.3, 0.4) is 0 Å². The molecule has 0 aromatic heterocycles. The van der Waals surface area contributed by atoms with Gasteiger partial charge in [0.2, 0.25) is 0 Å². The number of likely N-dealkylation sites (tertiary alicyclic amines) is 1. The molecule has 3 heteroatoms. The first-order valence-corrected chi connectivity index (χ1v) is 7.43. The summed E-state index contributed by atoms with van der Waals surface area (Å²) in [6, 6.07) is 6.03. The van der Waals surface area contributed by atoms with Gasteiger partial charge in [-0.15, -0.1) is 0 Å². The zero-order valence-corrected chi connectivity index (χ0v) is 13.0. The van der Waals surface area contributed by atoms with E-state index in [9.17, 15) is 4.79 Å². The Morgan fingerprint density at radius 3 is 2.50 bits per heavy atom. The molecule has 1 heterocycles. The summed E-state index contributed by atoms with van der Waals surface area (Å²) in [4.78, 5) is 14.2. The Kier molecular flexibility index (Phi) is 4.69. The Morgan fingerprint density at radius 1 is 1.25 bits per heavy atom. The van der Waals surface area contributed by atoms with Gasteiger partial charge in [0.1, 0.15) is 5.75 Å². The van der Waals surface area contributed by atoms with Crippen LogP contribution in [-0.4, -0.2) is 30.5 Å². The van der Waals surface area contributed by atoms with Crippen LogP contribution in [0.5, 0.6) is 5.75 Å². The number of ether oxygens (including phenoxy) is 1. The van der Waals surface area contributed by atoms with Crippen molar-refractivity contribution in [3.8, 4) is 5.75 Å². The largest absolute Gasteiger partial charge is 0.484 e. The predicted molar refractivity (Wildman–Crippen MR) is 80.9 cm³/mol. The van der Waals surface area contributed by atoms with Crippen molar-refractivity contribution in [3.63, 3.8) is 0 Å². The second-order valence-electron chi connectivity index (χ2n) is 6.30. The SMILES string of the molecule is Cc1ccc(OCC(=O)N2CC(C)CC(C)C2)c(C)c1. The summed E-state index contributed by atoms with van der Waals surface area (Å²) in [6.07, 6.45) is 1.21. The molecule has 110 valence electrons. The van der Waals surface area contributed by atoms with Crippen molar-refractivity contribution in [3.05, 3.63) is 29.3 Å². The maximum absolute atomic E-state index is 12.2. The van der Waals surface area contributed by atoms with Gasteiger partial charge in [-0.05, 0) is 43.7 Å². The number of benzene rings is 1. The zero-order valence-electron chi connectivity index (χ0n) is 13.0.